The predicted octanol–water partition coefficient (Wildman–Crippen LogP) is 9.20. The van der Waals surface area contributed by atoms with Crippen LogP contribution in [0.4, 0.5) is 0 Å². The molecule has 9 nitrogen and oxygen atoms in total. The van der Waals surface area contributed by atoms with Crippen molar-refractivity contribution < 1.29 is 32.8 Å². The van der Waals surface area contributed by atoms with Crippen molar-refractivity contribution in [2.75, 3.05) is 21.3 Å². The van der Waals surface area contributed by atoms with Crippen LogP contribution in [0.3, 0.4) is 0 Å². The normalized spacial score (nSPS) is 11.6. The van der Waals surface area contributed by atoms with E-state index in [2.05, 4.69) is 0 Å². The Morgan fingerprint density at radius 3 is 2.00 bits per heavy atom. The third kappa shape index (κ3) is 5.78. The molecule has 0 amide bonds. The third-order valence-electron chi connectivity index (χ3n) is 8.55. The van der Waals surface area contributed by atoms with Gasteiger partial charge in [0.25, 0.3) is 0 Å². The predicted molar refractivity (Wildman–Crippen MR) is 196 cm³/mol. The first kappa shape index (κ1) is 32.7. The van der Waals surface area contributed by atoms with E-state index in [1.54, 1.807) is 27.4 Å². The Bertz CT molecular complexity index is 2420. The van der Waals surface area contributed by atoms with Gasteiger partial charge in [-0.1, -0.05) is 36.4 Å². The summed E-state index contributed by atoms with van der Waals surface area (Å²) in [7, 11) is 4.83. The Morgan fingerprint density at radius 1 is 0.660 bits per heavy atom. The molecular formula is C41H39NO8. The Labute approximate surface area is 289 Å². The average molecular weight is 674 g/mol. The molecule has 0 aliphatic carbocycles. The van der Waals surface area contributed by atoms with Crippen LogP contribution in [0.15, 0.2) is 94.3 Å². The molecule has 256 valence electrons. The van der Waals surface area contributed by atoms with E-state index < -0.39 is 5.63 Å². The van der Waals surface area contributed by atoms with Gasteiger partial charge in [0.05, 0.1) is 39.1 Å². The lowest BCUT2D eigenvalue weighted by atomic mass is 9.97. The first-order valence-electron chi connectivity index (χ1n) is 16.5. The largest absolute Gasteiger partial charge is 0.493 e. The minimum absolute atomic E-state index is 0.0530. The van der Waals surface area contributed by atoms with E-state index in [0.717, 1.165) is 33.0 Å². The molecule has 0 aliphatic heterocycles. The number of pyridine rings is 1. The Hall–Kier alpha value is -5.83. The van der Waals surface area contributed by atoms with Gasteiger partial charge < -0.3 is 37.2 Å². The van der Waals surface area contributed by atoms with E-state index in [4.69, 9.17) is 32.8 Å². The standard InChI is InChI=1S/C41H39NO8/c1-23(2)48-35-18-27(13-14-30(35)44-5)37-38-29-20-32(45-6)34(47-22-25-11-9-8-10-12-25)21-31(29)50-41(43)40(38)42-16-15-26-17-36(49-24(3)4)33(46-7)19-28(26)39(37)42/h8-21,23-24H,22H2,1-7H3. The lowest BCUT2D eigenvalue weighted by Gasteiger charge is -2.16. The van der Waals surface area contributed by atoms with E-state index in [1.807, 2.05) is 111 Å². The molecule has 0 bridgehead atoms. The van der Waals surface area contributed by atoms with Crippen molar-refractivity contribution >= 4 is 38.2 Å². The molecule has 0 aliphatic rings. The summed E-state index contributed by atoms with van der Waals surface area (Å²) in [6, 6.07) is 25.1. The van der Waals surface area contributed by atoms with Gasteiger partial charge in [-0.25, -0.2) is 4.79 Å². The third-order valence-corrected chi connectivity index (χ3v) is 8.55. The zero-order chi connectivity index (χ0) is 35.1. The van der Waals surface area contributed by atoms with Gasteiger partial charge >= 0.3 is 5.63 Å². The van der Waals surface area contributed by atoms with E-state index in [-0.39, 0.29) is 12.2 Å². The van der Waals surface area contributed by atoms with E-state index in [1.165, 1.54) is 0 Å². The van der Waals surface area contributed by atoms with Crippen LogP contribution in [-0.4, -0.2) is 37.9 Å². The van der Waals surface area contributed by atoms with Crippen molar-refractivity contribution in [2.45, 2.75) is 46.5 Å². The van der Waals surface area contributed by atoms with Gasteiger partial charge in [-0.2, -0.15) is 0 Å². The molecule has 7 rings (SSSR count). The summed E-state index contributed by atoms with van der Waals surface area (Å²) in [4.78, 5) is 14.1. The fourth-order valence-corrected chi connectivity index (χ4v) is 6.48. The van der Waals surface area contributed by atoms with Gasteiger partial charge in [0.15, 0.2) is 34.5 Å². The van der Waals surface area contributed by atoms with Crippen molar-refractivity contribution in [1.29, 1.82) is 0 Å². The number of fused-ring (bicyclic) bond motifs is 7. The number of benzene rings is 4. The van der Waals surface area contributed by atoms with Gasteiger partial charge in [0, 0.05) is 34.0 Å². The van der Waals surface area contributed by atoms with E-state index >= 15 is 0 Å². The highest BCUT2D eigenvalue weighted by atomic mass is 16.5. The maximum Gasteiger partial charge on any atom is 0.361 e. The second-order valence-corrected chi connectivity index (χ2v) is 12.6. The van der Waals surface area contributed by atoms with Crippen molar-refractivity contribution in [3.63, 3.8) is 0 Å². The van der Waals surface area contributed by atoms with Crippen LogP contribution in [0.5, 0.6) is 34.5 Å². The summed E-state index contributed by atoms with van der Waals surface area (Å²) >= 11 is 0. The summed E-state index contributed by atoms with van der Waals surface area (Å²) < 4.78 is 43.8. The molecule has 4 aromatic carbocycles. The molecule has 0 saturated carbocycles. The van der Waals surface area contributed by atoms with Crippen LogP contribution in [0.1, 0.15) is 33.3 Å². The summed E-state index contributed by atoms with van der Waals surface area (Å²) in [5, 5.41) is 3.15. The van der Waals surface area contributed by atoms with Crippen molar-refractivity contribution in [2.24, 2.45) is 0 Å². The van der Waals surface area contributed by atoms with Crippen LogP contribution < -0.4 is 34.0 Å². The Balaban J connectivity index is 1.58. The number of methoxy groups -OCH3 is 3. The van der Waals surface area contributed by atoms with Crippen molar-refractivity contribution in [1.82, 2.24) is 4.40 Å². The fraction of sp³-hybridized carbons (Fsp3) is 0.244. The molecule has 3 aromatic heterocycles. The number of aromatic nitrogens is 1. The minimum atomic E-state index is -0.494. The molecule has 50 heavy (non-hydrogen) atoms. The molecule has 7 aromatic rings. The Morgan fingerprint density at radius 2 is 1.32 bits per heavy atom. The molecular weight excluding hydrogens is 634 g/mol. The first-order valence-corrected chi connectivity index (χ1v) is 16.5. The van der Waals surface area contributed by atoms with Crippen molar-refractivity contribution in [3.8, 4) is 45.6 Å². The molecule has 0 saturated heterocycles. The summed E-state index contributed by atoms with van der Waals surface area (Å²) in [5.74, 6) is 3.36. The molecule has 0 N–H and O–H groups in total. The maximum atomic E-state index is 14.1. The zero-order valence-corrected chi connectivity index (χ0v) is 29.2. The van der Waals surface area contributed by atoms with Gasteiger partial charge in [-0.15, -0.1) is 0 Å². The molecule has 0 radical (unpaired) electrons. The van der Waals surface area contributed by atoms with E-state index in [0.29, 0.717) is 63.0 Å². The van der Waals surface area contributed by atoms with Gasteiger partial charge in [0.1, 0.15) is 17.7 Å². The zero-order valence-electron chi connectivity index (χ0n) is 29.2. The van der Waals surface area contributed by atoms with Crippen LogP contribution in [0.25, 0.3) is 49.3 Å². The minimum Gasteiger partial charge on any atom is -0.493 e. The van der Waals surface area contributed by atoms with Crippen LogP contribution in [-0.2, 0) is 6.61 Å². The monoisotopic (exact) mass is 673 g/mol. The fourth-order valence-electron chi connectivity index (χ4n) is 6.48. The first-order chi connectivity index (χ1) is 24.2. The molecule has 0 spiro atoms. The molecule has 9 heteroatoms. The number of ether oxygens (including phenoxy) is 6. The highest BCUT2D eigenvalue weighted by molar-refractivity contribution is 6.22. The molecule has 0 fully saturated rings. The average Bonchev–Trinajstić information content (AvgIpc) is 3.46. The van der Waals surface area contributed by atoms with Crippen molar-refractivity contribution in [3.05, 3.63) is 101 Å². The van der Waals surface area contributed by atoms with Gasteiger partial charge in [0.2, 0.25) is 0 Å². The second-order valence-electron chi connectivity index (χ2n) is 12.6. The topological polar surface area (TPSA) is 90.0 Å². The molecule has 3 heterocycles. The summed E-state index contributed by atoms with van der Waals surface area (Å²) in [6.45, 7) is 8.20. The van der Waals surface area contributed by atoms with Crippen LogP contribution >= 0.6 is 0 Å². The number of hydrogen-bond donors (Lipinski definition) is 0. The smallest absolute Gasteiger partial charge is 0.361 e. The van der Waals surface area contributed by atoms with Gasteiger partial charge in [-0.3, -0.25) is 0 Å². The lowest BCUT2D eigenvalue weighted by molar-refractivity contribution is 0.230. The number of hydrogen-bond acceptors (Lipinski definition) is 8. The maximum absolute atomic E-state index is 14.1. The van der Waals surface area contributed by atoms with Gasteiger partial charge in [-0.05, 0) is 80.6 Å². The SMILES string of the molecule is COc1cc2c(cc1OCc1ccccc1)oc(=O)c1c2c(-c2ccc(OC)c(OC(C)C)c2)c2c3cc(OC)c(OC(C)C)cc3ccn21. The molecule has 0 atom stereocenters. The van der Waals surface area contributed by atoms with Crippen LogP contribution in [0.2, 0.25) is 0 Å². The lowest BCUT2D eigenvalue weighted by Crippen LogP contribution is -2.07. The van der Waals surface area contributed by atoms with E-state index in [9.17, 15) is 4.79 Å². The van der Waals surface area contributed by atoms with Crippen LogP contribution in [0, 0.1) is 0 Å². The number of nitrogens with zero attached hydrogens (tertiary/aromatic N) is 1. The summed E-state index contributed by atoms with van der Waals surface area (Å²) in [6.07, 6.45) is 1.74. The highest BCUT2D eigenvalue weighted by Gasteiger charge is 2.25. The quantitative estimate of drug-likeness (QED) is 0.126. The Kier molecular flexibility index (Phi) is 8.65. The molecule has 0 unspecified atom stereocenters. The number of rotatable bonds is 11. The highest BCUT2D eigenvalue weighted by Crippen LogP contribution is 2.46. The summed E-state index contributed by atoms with van der Waals surface area (Å²) in [5.41, 5.74) is 3.66. The second kappa shape index (κ2) is 13.2.